The Morgan fingerprint density at radius 1 is 1.75 bits per heavy atom. The summed E-state index contributed by atoms with van der Waals surface area (Å²) >= 11 is 4.87. The summed E-state index contributed by atoms with van der Waals surface area (Å²) in [4.78, 5) is 1.06. The molecule has 0 aliphatic carbocycles. The maximum absolute atomic E-state index is 8.96. The first-order chi connectivity index (χ1) is 5.63. The third kappa shape index (κ3) is 2.45. The summed E-state index contributed by atoms with van der Waals surface area (Å²) in [7, 11) is 3.24. The fourth-order valence-electron chi connectivity index (χ4n) is 0.840. The topological polar surface area (TPSA) is 32.7 Å². The van der Waals surface area contributed by atoms with Crippen molar-refractivity contribution in [3.8, 4) is 5.06 Å². The molecule has 12 heavy (non-hydrogen) atoms. The third-order valence-electron chi connectivity index (χ3n) is 1.28. The van der Waals surface area contributed by atoms with Crippen LogP contribution >= 0.6 is 27.3 Å². The van der Waals surface area contributed by atoms with Gasteiger partial charge in [-0.25, -0.2) is 0 Å². The summed E-state index contributed by atoms with van der Waals surface area (Å²) in [5.41, 5.74) is 0. The smallest absolute Gasteiger partial charge is 0.188 e. The maximum Gasteiger partial charge on any atom is 0.188 e. The maximum atomic E-state index is 8.96. The van der Waals surface area contributed by atoms with Gasteiger partial charge < -0.3 is 9.94 Å². The normalized spacial score (nSPS) is 10.8. The fraction of sp³-hybridized carbons (Fsp3) is 0.429. The molecule has 1 aromatic heterocycles. The molecular weight excluding hydrogens is 242 g/mol. The molecule has 1 heterocycles. The van der Waals surface area contributed by atoms with Crippen molar-refractivity contribution >= 4 is 27.3 Å². The van der Waals surface area contributed by atoms with E-state index in [1.807, 2.05) is 6.07 Å². The Morgan fingerprint density at radius 3 is 2.83 bits per heavy atom. The number of methoxy groups -OCH3 is 1. The molecule has 0 fully saturated rings. The fourth-order valence-corrected chi connectivity index (χ4v) is 2.58. The standard InChI is InChI=1S/C7H10BrNO2S/c1-9(10)4-5-3-6(8)7(11-2)12-5/h3,10H,4H2,1-2H3. The summed E-state index contributed by atoms with van der Waals surface area (Å²) in [5.74, 6) is 0. The molecule has 0 saturated heterocycles. The molecule has 0 radical (unpaired) electrons. The molecule has 1 aromatic rings. The highest BCUT2D eigenvalue weighted by Crippen LogP contribution is 2.34. The van der Waals surface area contributed by atoms with Gasteiger partial charge in [-0.1, -0.05) is 0 Å². The molecule has 0 aromatic carbocycles. The largest absolute Gasteiger partial charge is 0.486 e. The number of hydroxylamine groups is 2. The summed E-state index contributed by atoms with van der Waals surface area (Å²) in [5, 5.41) is 10.9. The van der Waals surface area contributed by atoms with E-state index in [2.05, 4.69) is 15.9 Å². The van der Waals surface area contributed by atoms with E-state index in [1.165, 1.54) is 11.3 Å². The second kappa shape index (κ2) is 4.23. The lowest BCUT2D eigenvalue weighted by Gasteiger charge is -2.03. The summed E-state index contributed by atoms with van der Waals surface area (Å²) in [6.07, 6.45) is 0. The van der Waals surface area contributed by atoms with Crippen molar-refractivity contribution in [1.29, 1.82) is 0 Å². The predicted molar refractivity (Wildman–Crippen MR) is 51.8 cm³/mol. The van der Waals surface area contributed by atoms with Crippen LogP contribution in [0.1, 0.15) is 4.88 Å². The zero-order chi connectivity index (χ0) is 9.14. The van der Waals surface area contributed by atoms with E-state index >= 15 is 0 Å². The van der Waals surface area contributed by atoms with Crippen LogP contribution in [0.3, 0.4) is 0 Å². The van der Waals surface area contributed by atoms with Crippen LogP contribution in [0.25, 0.3) is 0 Å². The molecule has 68 valence electrons. The van der Waals surface area contributed by atoms with Crippen molar-refractivity contribution in [2.45, 2.75) is 6.54 Å². The Hall–Kier alpha value is -0.100. The Labute approximate surface area is 83.7 Å². The van der Waals surface area contributed by atoms with Crippen molar-refractivity contribution in [3.05, 3.63) is 15.4 Å². The monoisotopic (exact) mass is 251 g/mol. The number of ether oxygens (including phenoxy) is 1. The van der Waals surface area contributed by atoms with Crippen LogP contribution in [0.2, 0.25) is 0 Å². The Balaban J connectivity index is 2.75. The van der Waals surface area contributed by atoms with Crippen LogP contribution < -0.4 is 4.74 Å². The van der Waals surface area contributed by atoms with E-state index in [1.54, 1.807) is 14.2 Å². The molecular formula is C7H10BrNO2S. The number of halogens is 1. The third-order valence-corrected chi connectivity index (χ3v) is 3.21. The molecule has 0 saturated carbocycles. The van der Waals surface area contributed by atoms with Gasteiger partial charge in [0.25, 0.3) is 0 Å². The van der Waals surface area contributed by atoms with Crippen LogP contribution in [0.5, 0.6) is 5.06 Å². The van der Waals surface area contributed by atoms with Gasteiger partial charge in [0.1, 0.15) is 0 Å². The van der Waals surface area contributed by atoms with E-state index in [9.17, 15) is 0 Å². The Bertz CT molecular complexity index is 262. The van der Waals surface area contributed by atoms with Crippen LogP contribution in [-0.4, -0.2) is 24.4 Å². The lowest BCUT2D eigenvalue weighted by Crippen LogP contribution is -2.10. The van der Waals surface area contributed by atoms with Gasteiger partial charge in [0.05, 0.1) is 18.1 Å². The van der Waals surface area contributed by atoms with Crippen molar-refractivity contribution in [2.75, 3.05) is 14.2 Å². The average molecular weight is 252 g/mol. The van der Waals surface area contributed by atoms with Crippen LogP contribution in [-0.2, 0) is 6.54 Å². The first-order valence-corrected chi connectivity index (χ1v) is 4.96. The lowest BCUT2D eigenvalue weighted by molar-refractivity contribution is -0.0723. The van der Waals surface area contributed by atoms with Gasteiger partial charge in [-0.3, -0.25) is 0 Å². The minimum atomic E-state index is 0.520. The molecule has 0 atom stereocenters. The molecule has 3 nitrogen and oxygen atoms in total. The van der Waals surface area contributed by atoms with E-state index in [0.717, 1.165) is 19.5 Å². The molecule has 1 N–H and O–H groups in total. The molecule has 0 aliphatic heterocycles. The molecule has 5 heteroatoms. The van der Waals surface area contributed by atoms with Crippen LogP contribution in [0.15, 0.2) is 10.5 Å². The van der Waals surface area contributed by atoms with E-state index in [0.29, 0.717) is 6.54 Å². The van der Waals surface area contributed by atoms with E-state index < -0.39 is 0 Å². The number of hydrogen-bond donors (Lipinski definition) is 1. The second-order valence-electron chi connectivity index (χ2n) is 2.37. The van der Waals surface area contributed by atoms with Gasteiger partial charge in [-0.05, 0) is 22.0 Å². The van der Waals surface area contributed by atoms with Gasteiger partial charge in [-0.15, -0.1) is 11.3 Å². The van der Waals surface area contributed by atoms with Crippen LogP contribution in [0, 0.1) is 0 Å². The molecule has 0 spiro atoms. The average Bonchev–Trinajstić information content (AvgIpc) is 2.29. The number of thiophene rings is 1. The van der Waals surface area contributed by atoms with Crippen molar-refractivity contribution in [1.82, 2.24) is 5.06 Å². The van der Waals surface area contributed by atoms with E-state index in [4.69, 9.17) is 9.94 Å². The van der Waals surface area contributed by atoms with Crippen molar-refractivity contribution in [2.24, 2.45) is 0 Å². The highest BCUT2D eigenvalue weighted by Gasteiger charge is 2.07. The summed E-state index contributed by atoms with van der Waals surface area (Å²) in [6, 6.07) is 1.94. The summed E-state index contributed by atoms with van der Waals surface area (Å²) in [6.45, 7) is 0.520. The van der Waals surface area contributed by atoms with Gasteiger partial charge in [0.2, 0.25) is 0 Å². The lowest BCUT2D eigenvalue weighted by atomic mass is 10.4. The van der Waals surface area contributed by atoms with Gasteiger partial charge in [0, 0.05) is 11.9 Å². The zero-order valence-electron chi connectivity index (χ0n) is 6.87. The highest BCUT2D eigenvalue weighted by atomic mass is 79.9. The molecule has 1 rings (SSSR count). The van der Waals surface area contributed by atoms with E-state index in [-0.39, 0.29) is 0 Å². The SMILES string of the molecule is COc1sc(CN(C)O)cc1Br. The molecule has 0 aliphatic rings. The highest BCUT2D eigenvalue weighted by molar-refractivity contribution is 9.10. The number of hydrogen-bond acceptors (Lipinski definition) is 4. The first-order valence-electron chi connectivity index (χ1n) is 3.35. The van der Waals surface area contributed by atoms with Crippen LogP contribution in [0.4, 0.5) is 0 Å². The first kappa shape index (κ1) is 9.98. The quantitative estimate of drug-likeness (QED) is 0.838. The minimum Gasteiger partial charge on any atom is -0.486 e. The van der Waals surface area contributed by atoms with Gasteiger partial charge in [0.15, 0.2) is 5.06 Å². The van der Waals surface area contributed by atoms with Crippen molar-refractivity contribution in [3.63, 3.8) is 0 Å². The summed E-state index contributed by atoms with van der Waals surface area (Å²) < 4.78 is 6.02. The molecule has 0 unspecified atom stereocenters. The zero-order valence-corrected chi connectivity index (χ0v) is 9.28. The number of rotatable bonds is 3. The predicted octanol–water partition coefficient (Wildman–Crippen LogP) is 2.34. The Morgan fingerprint density at radius 2 is 2.42 bits per heavy atom. The van der Waals surface area contributed by atoms with Gasteiger partial charge in [-0.2, -0.15) is 5.06 Å². The van der Waals surface area contributed by atoms with Gasteiger partial charge >= 0.3 is 0 Å². The molecule has 0 amide bonds. The molecule has 0 bridgehead atoms. The van der Waals surface area contributed by atoms with Crippen molar-refractivity contribution < 1.29 is 9.94 Å². The minimum absolute atomic E-state index is 0.520. The second-order valence-corrected chi connectivity index (χ2v) is 4.32. The Kier molecular flexibility index (Phi) is 3.52. The number of nitrogens with zero attached hydrogens (tertiary/aromatic N) is 1.